The maximum absolute atomic E-state index is 10.8. The minimum absolute atomic E-state index is 0.216. The van der Waals surface area contributed by atoms with Gasteiger partial charge in [-0.2, -0.15) is 0 Å². The first-order valence-electron chi connectivity index (χ1n) is 3.29. The summed E-state index contributed by atoms with van der Waals surface area (Å²) in [5.41, 5.74) is 0.216. The molecule has 0 saturated carbocycles. The third-order valence-electron chi connectivity index (χ3n) is 1.05. The van der Waals surface area contributed by atoms with Crippen LogP contribution in [0.25, 0.3) is 0 Å². The molecule has 0 bridgehead atoms. The normalized spacial score (nSPS) is 9.00. The van der Waals surface area contributed by atoms with Gasteiger partial charge in [-0.05, 0) is 6.42 Å². The van der Waals surface area contributed by atoms with Crippen molar-refractivity contribution in [1.82, 2.24) is 5.32 Å². The molecule has 0 aromatic rings. The molecule has 0 fully saturated rings. The number of nitrogens with one attached hydrogen (secondary N) is 1. The van der Waals surface area contributed by atoms with Crippen LogP contribution in [-0.2, 0) is 4.79 Å². The number of hydrogen-bond donors (Lipinski definition) is 2. The van der Waals surface area contributed by atoms with Crippen LogP contribution in [0, 0.1) is 0 Å². The van der Waals surface area contributed by atoms with Crippen LogP contribution >= 0.6 is 0 Å². The molecule has 3 nitrogen and oxygen atoms in total. The van der Waals surface area contributed by atoms with E-state index in [1.165, 1.54) is 0 Å². The molecule has 0 aliphatic rings. The van der Waals surface area contributed by atoms with Gasteiger partial charge in [0.2, 0.25) is 5.91 Å². The lowest BCUT2D eigenvalue weighted by molar-refractivity contribution is -0.117. The first-order chi connectivity index (χ1) is 4.72. The molecular formula is C7H13NO2. The first-order valence-corrected chi connectivity index (χ1v) is 3.29. The van der Waals surface area contributed by atoms with Crippen LogP contribution in [0.15, 0.2) is 12.2 Å². The summed E-state index contributed by atoms with van der Waals surface area (Å²) in [6.07, 6.45) is 0.893. The van der Waals surface area contributed by atoms with Gasteiger partial charge in [-0.25, -0.2) is 0 Å². The predicted molar refractivity (Wildman–Crippen MR) is 39.5 cm³/mol. The highest BCUT2D eigenvalue weighted by atomic mass is 16.3. The van der Waals surface area contributed by atoms with Crippen molar-refractivity contribution in [3.8, 4) is 0 Å². The first kappa shape index (κ1) is 9.17. The van der Waals surface area contributed by atoms with Crippen molar-refractivity contribution in [3.63, 3.8) is 0 Å². The van der Waals surface area contributed by atoms with E-state index in [2.05, 4.69) is 11.9 Å². The van der Waals surface area contributed by atoms with Gasteiger partial charge >= 0.3 is 0 Å². The molecule has 0 aromatic carbocycles. The Morgan fingerprint density at radius 3 is 2.70 bits per heavy atom. The highest BCUT2D eigenvalue weighted by Gasteiger charge is 2.01. The fourth-order valence-corrected chi connectivity index (χ4v) is 0.435. The molecule has 0 rings (SSSR count). The Hall–Kier alpha value is -0.830. The molecule has 0 radical (unpaired) electrons. The van der Waals surface area contributed by atoms with Crippen LogP contribution in [0.5, 0.6) is 0 Å². The van der Waals surface area contributed by atoms with Gasteiger partial charge in [-0.3, -0.25) is 4.79 Å². The Kier molecular flexibility index (Phi) is 4.58. The lowest BCUT2D eigenvalue weighted by Crippen LogP contribution is -2.26. The summed E-state index contributed by atoms with van der Waals surface area (Å²) < 4.78 is 0. The molecule has 0 aliphatic heterocycles. The van der Waals surface area contributed by atoms with Gasteiger partial charge in [0.25, 0.3) is 0 Å². The average molecular weight is 143 g/mol. The van der Waals surface area contributed by atoms with E-state index in [4.69, 9.17) is 5.11 Å². The Balaban J connectivity index is 3.52. The van der Waals surface area contributed by atoms with Crippen LogP contribution in [-0.4, -0.2) is 24.2 Å². The van der Waals surface area contributed by atoms with E-state index in [0.717, 1.165) is 6.42 Å². The smallest absolute Gasteiger partial charge is 0.248 e. The van der Waals surface area contributed by atoms with E-state index in [-0.39, 0.29) is 18.1 Å². The summed E-state index contributed by atoms with van der Waals surface area (Å²) in [7, 11) is 0. The van der Waals surface area contributed by atoms with Gasteiger partial charge in [0.1, 0.15) is 0 Å². The highest BCUT2D eigenvalue weighted by Crippen LogP contribution is 1.86. The number of carbonyl (C=O) groups excluding carboxylic acids is 1. The molecule has 0 aliphatic carbocycles. The summed E-state index contributed by atoms with van der Waals surface area (Å²) >= 11 is 0. The zero-order valence-electron chi connectivity index (χ0n) is 6.18. The summed E-state index contributed by atoms with van der Waals surface area (Å²) in [5, 5.41) is 11.0. The van der Waals surface area contributed by atoms with Crippen molar-refractivity contribution in [2.24, 2.45) is 0 Å². The quantitative estimate of drug-likeness (QED) is 0.547. The summed E-state index contributed by atoms with van der Waals surface area (Å²) in [6, 6.07) is 0. The van der Waals surface area contributed by atoms with Gasteiger partial charge < -0.3 is 10.4 Å². The summed E-state index contributed by atoms with van der Waals surface area (Å²) in [5.74, 6) is -0.260. The van der Waals surface area contributed by atoms with Crippen molar-refractivity contribution in [3.05, 3.63) is 12.2 Å². The predicted octanol–water partition coefficient (Wildman–Crippen LogP) is 0.0611. The minimum atomic E-state index is -0.268. The molecule has 0 aromatic heterocycles. The zero-order chi connectivity index (χ0) is 7.98. The molecule has 58 valence electrons. The zero-order valence-corrected chi connectivity index (χ0v) is 6.18. The van der Waals surface area contributed by atoms with Gasteiger partial charge in [0, 0.05) is 12.1 Å². The highest BCUT2D eigenvalue weighted by molar-refractivity contribution is 5.92. The Morgan fingerprint density at radius 1 is 1.70 bits per heavy atom. The third-order valence-corrected chi connectivity index (χ3v) is 1.05. The van der Waals surface area contributed by atoms with Gasteiger partial charge in [0.15, 0.2) is 0 Å². The molecular weight excluding hydrogens is 130 g/mol. The van der Waals surface area contributed by atoms with Crippen molar-refractivity contribution in [2.75, 3.05) is 13.2 Å². The summed E-state index contributed by atoms with van der Waals surface area (Å²) in [6.45, 7) is 5.69. The van der Waals surface area contributed by atoms with Crippen molar-refractivity contribution < 1.29 is 9.90 Å². The monoisotopic (exact) mass is 143 g/mol. The Bertz CT molecular complexity index is 132. The molecule has 0 unspecified atom stereocenters. The SMILES string of the molecule is C=C(CO)C(=O)NCCC. The Labute approximate surface area is 60.7 Å². The number of amides is 1. The fraction of sp³-hybridized carbons (Fsp3) is 0.571. The van der Waals surface area contributed by atoms with Crippen molar-refractivity contribution in [1.29, 1.82) is 0 Å². The number of rotatable bonds is 4. The fourth-order valence-electron chi connectivity index (χ4n) is 0.435. The maximum Gasteiger partial charge on any atom is 0.248 e. The van der Waals surface area contributed by atoms with Crippen molar-refractivity contribution in [2.45, 2.75) is 13.3 Å². The van der Waals surface area contributed by atoms with Crippen molar-refractivity contribution >= 4 is 5.91 Å². The molecule has 0 spiro atoms. The molecule has 1 amide bonds. The van der Waals surface area contributed by atoms with E-state index in [1.807, 2.05) is 6.92 Å². The van der Waals surface area contributed by atoms with Gasteiger partial charge in [-0.15, -0.1) is 0 Å². The van der Waals surface area contributed by atoms with E-state index < -0.39 is 0 Å². The van der Waals surface area contributed by atoms with Gasteiger partial charge in [-0.1, -0.05) is 13.5 Å². The van der Waals surface area contributed by atoms with E-state index >= 15 is 0 Å². The van der Waals surface area contributed by atoms with E-state index in [9.17, 15) is 4.79 Å². The van der Waals surface area contributed by atoms with Crippen LogP contribution in [0.1, 0.15) is 13.3 Å². The van der Waals surface area contributed by atoms with Crippen LogP contribution in [0.4, 0.5) is 0 Å². The number of aliphatic hydroxyl groups is 1. The second kappa shape index (κ2) is 4.99. The largest absolute Gasteiger partial charge is 0.391 e. The molecule has 2 N–H and O–H groups in total. The molecule has 10 heavy (non-hydrogen) atoms. The van der Waals surface area contributed by atoms with Crippen LogP contribution in [0.3, 0.4) is 0 Å². The second-order valence-electron chi connectivity index (χ2n) is 2.02. The topological polar surface area (TPSA) is 49.3 Å². The molecule has 3 heteroatoms. The Morgan fingerprint density at radius 2 is 2.30 bits per heavy atom. The number of hydrogen-bond acceptors (Lipinski definition) is 2. The minimum Gasteiger partial charge on any atom is -0.391 e. The number of carbonyl (C=O) groups is 1. The van der Waals surface area contributed by atoms with E-state index in [0.29, 0.717) is 6.54 Å². The standard InChI is InChI=1S/C7H13NO2/c1-3-4-8-7(10)6(2)5-9/h9H,2-5H2,1H3,(H,8,10). The van der Waals surface area contributed by atoms with E-state index in [1.54, 1.807) is 0 Å². The third kappa shape index (κ3) is 3.25. The maximum atomic E-state index is 10.8. The van der Waals surface area contributed by atoms with Crippen LogP contribution in [0.2, 0.25) is 0 Å². The lowest BCUT2D eigenvalue weighted by Gasteiger charge is -2.02. The summed E-state index contributed by atoms with van der Waals surface area (Å²) in [4.78, 5) is 10.8. The average Bonchev–Trinajstić information content (AvgIpc) is 1.98. The van der Waals surface area contributed by atoms with Gasteiger partial charge in [0.05, 0.1) is 6.61 Å². The van der Waals surface area contributed by atoms with Crippen LogP contribution < -0.4 is 5.32 Å². The number of aliphatic hydroxyl groups excluding tert-OH is 1. The lowest BCUT2D eigenvalue weighted by atomic mass is 10.3. The second-order valence-corrected chi connectivity index (χ2v) is 2.02. The molecule has 0 atom stereocenters. The molecule has 0 heterocycles. The molecule has 0 saturated heterocycles.